The number of rotatable bonds is 16. The molecule has 284 valence electrons. The van der Waals surface area contributed by atoms with Gasteiger partial charge in [-0.1, -0.05) is 140 Å². The zero-order chi connectivity index (χ0) is 38.9. The molecule has 5 N–H and O–H groups in total. The molecule has 10 nitrogen and oxygen atoms in total. The molecule has 0 saturated heterocycles. The molecule has 0 unspecified atom stereocenters. The number of carbonyl (C=O) groups is 3. The Labute approximate surface area is 326 Å². The first kappa shape index (κ1) is 37.8. The second-order valence-electron chi connectivity index (χ2n) is 14.0. The second-order valence-corrected chi connectivity index (χ2v) is 14.0. The van der Waals surface area contributed by atoms with E-state index in [2.05, 4.69) is 27.4 Å². The molecule has 0 spiro atoms. The molecule has 5 aromatic carbocycles. The third kappa shape index (κ3) is 7.56. The lowest BCUT2D eigenvalue weighted by atomic mass is 9.74. The number of carboxylic acid groups (broad SMARTS) is 1. The average Bonchev–Trinajstić information content (AvgIpc) is 3.87. The van der Waals surface area contributed by atoms with Crippen molar-refractivity contribution in [2.45, 2.75) is 49.2 Å². The first-order valence-corrected chi connectivity index (χ1v) is 18.9. The lowest BCUT2D eigenvalue weighted by molar-refractivity contribution is -0.156. The topological polar surface area (TPSA) is 151 Å². The van der Waals surface area contributed by atoms with Crippen LogP contribution in [0.2, 0.25) is 0 Å². The van der Waals surface area contributed by atoms with E-state index in [1.54, 1.807) is 6.20 Å². The van der Waals surface area contributed by atoms with E-state index in [-0.39, 0.29) is 25.4 Å². The normalized spacial score (nSPS) is 13.2. The van der Waals surface area contributed by atoms with Gasteiger partial charge in [-0.3, -0.25) is 4.79 Å². The Morgan fingerprint density at radius 3 is 1.77 bits per heavy atom. The van der Waals surface area contributed by atoms with E-state index in [9.17, 15) is 14.7 Å². The SMILES string of the molecule is NCCCC[C@@H](C(=O)O)N(C(=O)[C@H](Cc1cnc[nH]1)NC(=O)OCC1c2ccccc2-c2ccccc21)C(c1ccccc1)(c1ccccc1)c1ccccc1. The fourth-order valence-electron chi connectivity index (χ4n) is 8.12. The molecule has 7 rings (SSSR count). The van der Waals surface area contributed by atoms with E-state index < -0.39 is 35.6 Å². The lowest BCUT2D eigenvalue weighted by Crippen LogP contribution is -2.63. The fraction of sp³-hybridized carbons (Fsp3) is 0.217. The van der Waals surface area contributed by atoms with Crippen LogP contribution < -0.4 is 11.1 Å². The predicted molar refractivity (Wildman–Crippen MR) is 215 cm³/mol. The van der Waals surface area contributed by atoms with E-state index in [0.717, 1.165) is 22.3 Å². The number of alkyl carbamates (subject to hydrolysis) is 1. The monoisotopic (exact) mass is 747 g/mol. The summed E-state index contributed by atoms with van der Waals surface area (Å²) in [6, 6.07) is 41.8. The molecule has 1 aromatic heterocycles. The number of unbranched alkanes of at least 4 members (excludes halogenated alkanes) is 1. The van der Waals surface area contributed by atoms with Crippen molar-refractivity contribution in [1.82, 2.24) is 20.2 Å². The second kappa shape index (κ2) is 17.3. The van der Waals surface area contributed by atoms with E-state index in [0.29, 0.717) is 41.8 Å². The van der Waals surface area contributed by atoms with Crippen LogP contribution in [0, 0.1) is 0 Å². The summed E-state index contributed by atoms with van der Waals surface area (Å²) in [6.07, 6.45) is 3.41. The lowest BCUT2D eigenvalue weighted by Gasteiger charge is -2.49. The van der Waals surface area contributed by atoms with Gasteiger partial charge in [0.25, 0.3) is 0 Å². The van der Waals surface area contributed by atoms with Crippen LogP contribution in [-0.4, -0.2) is 63.2 Å². The number of imidazole rings is 1. The van der Waals surface area contributed by atoms with Crippen LogP contribution in [0.4, 0.5) is 4.79 Å². The van der Waals surface area contributed by atoms with Crippen LogP contribution >= 0.6 is 0 Å². The molecule has 6 aromatic rings. The Kier molecular flexibility index (Phi) is 11.7. The summed E-state index contributed by atoms with van der Waals surface area (Å²) in [5.41, 5.74) is 11.3. The van der Waals surface area contributed by atoms with Crippen LogP contribution in [0.25, 0.3) is 11.1 Å². The Bertz CT molecular complexity index is 2090. The number of nitrogens with zero attached hydrogens (tertiary/aromatic N) is 2. The van der Waals surface area contributed by atoms with Gasteiger partial charge in [-0.05, 0) is 64.8 Å². The number of amides is 2. The molecule has 1 aliphatic carbocycles. The molecular weight excluding hydrogens is 703 g/mol. The van der Waals surface area contributed by atoms with Gasteiger partial charge < -0.3 is 30.8 Å². The van der Waals surface area contributed by atoms with Crippen LogP contribution in [0.15, 0.2) is 152 Å². The summed E-state index contributed by atoms with van der Waals surface area (Å²) < 4.78 is 5.97. The number of benzene rings is 5. The molecular formula is C46H45N5O5. The van der Waals surface area contributed by atoms with Gasteiger partial charge in [0.15, 0.2) is 0 Å². The number of hydrogen-bond acceptors (Lipinski definition) is 6. The molecule has 1 aliphatic rings. The van der Waals surface area contributed by atoms with E-state index in [4.69, 9.17) is 10.5 Å². The van der Waals surface area contributed by atoms with E-state index in [1.807, 2.05) is 127 Å². The minimum atomic E-state index is -1.46. The number of nitrogens with one attached hydrogen (secondary N) is 2. The first-order valence-electron chi connectivity index (χ1n) is 18.9. The molecule has 56 heavy (non-hydrogen) atoms. The number of carbonyl (C=O) groups excluding carboxylic acids is 2. The number of aliphatic carboxylic acids is 1. The van der Waals surface area contributed by atoms with Gasteiger partial charge in [0.05, 0.1) is 6.33 Å². The van der Waals surface area contributed by atoms with Crippen molar-refractivity contribution >= 4 is 18.0 Å². The smallest absolute Gasteiger partial charge is 0.407 e. The number of carboxylic acids is 1. The minimum absolute atomic E-state index is 0.0108. The highest BCUT2D eigenvalue weighted by atomic mass is 16.5. The van der Waals surface area contributed by atoms with Crippen molar-refractivity contribution in [2.24, 2.45) is 5.73 Å². The maximum Gasteiger partial charge on any atom is 0.407 e. The summed E-state index contributed by atoms with van der Waals surface area (Å²) in [5.74, 6) is -1.99. The van der Waals surface area contributed by atoms with Crippen molar-refractivity contribution in [1.29, 1.82) is 0 Å². The van der Waals surface area contributed by atoms with Gasteiger partial charge in [0, 0.05) is 24.2 Å². The summed E-state index contributed by atoms with van der Waals surface area (Å²) in [4.78, 5) is 52.1. The highest BCUT2D eigenvalue weighted by Crippen LogP contribution is 2.46. The Hall–Kier alpha value is -6.52. The highest BCUT2D eigenvalue weighted by Gasteiger charge is 2.51. The number of aromatic nitrogens is 2. The third-order valence-corrected chi connectivity index (χ3v) is 10.6. The standard InChI is InChI=1S/C46H45N5O5/c47-27-15-14-26-42(44(53)54)51(46(32-16-4-1-5-17-32,33-18-6-2-7-19-33)34-20-8-3-9-21-34)43(52)41(28-35-29-48-31-49-35)50-45(55)56-30-40-38-24-12-10-22-36(38)37-23-11-13-25-39(37)40/h1-13,16-25,29,31,40-42H,14-15,26-28,30,47H2,(H,48,49)(H,50,55)(H,53,54)/t41-,42-/m0/s1. The molecule has 0 bridgehead atoms. The van der Waals surface area contributed by atoms with Gasteiger partial charge in [-0.2, -0.15) is 0 Å². The van der Waals surface area contributed by atoms with Gasteiger partial charge in [0.1, 0.15) is 24.2 Å². The van der Waals surface area contributed by atoms with Crippen molar-refractivity contribution < 1.29 is 24.2 Å². The van der Waals surface area contributed by atoms with Crippen LogP contribution in [0.5, 0.6) is 0 Å². The summed E-state index contributed by atoms with van der Waals surface area (Å²) in [6.45, 7) is 0.403. The van der Waals surface area contributed by atoms with Gasteiger partial charge >= 0.3 is 12.1 Å². The van der Waals surface area contributed by atoms with Crippen molar-refractivity contribution in [3.63, 3.8) is 0 Å². The number of nitrogens with two attached hydrogens (primary N) is 1. The largest absolute Gasteiger partial charge is 0.480 e. The van der Waals surface area contributed by atoms with Crippen molar-refractivity contribution in [3.05, 3.63) is 186 Å². The highest BCUT2D eigenvalue weighted by molar-refractivity contribution is 5.91. The van der Waals surface area contributed by atoms with Gasteiger partial charge in [-0.25, -0.2) is 14.6 Å². The summed E-state index contributed by atoms with van der Waals surface area (Å²) in [7, 11) is 0. The van der Waals surface area contributed by atoms with Crippen LogP contribution in [0.3, 0.4) is 0 Å². The fourth-order valence-corrected chi connectivity index (χ4v) is 8.12. The average molecular weight is 748 g/mol. The maximum absolute atomic E-state index is 15.8. The quantitative estimate of drug-likeness (QED) is 0.0601. The summed E-state index contributed by atoms with van der Waals surface area (Å²) in [5, 5.41) is 14.0. The predicted octanol–water partition coefficient (Wildman–Crippen LogP) is 7.26. The van der Waals surface area contributed by atoms with Crippen LogP contribution in [0.1, 0.15) is 58.7 Å². The molecule has 10 heteroatoms. The zero-order valence-corrected chi connectivity index (χ0v) is 31.0. The first-order chi connectivity index (χ1) is 27.4. The summed E-state index contributed by atoms with van der Waals surface area (Å²) >= 11 is 0. The Morgan fingerprint density at radius 1 is 0.768 bits per heavy atom. The molecule has 0 aliphatic heterocycles. The molecule has 1 heterocycles. The van der Waals surface area contributed by atoms with Crippen LogP contribution in [-0.2, 0) is 26.3 Å². The molecule has 0 saturated carbocycles. The number of aromatic amines is 1. The number of H-pyrrole nitrogens is 1. The van der Waals surface area contributed by atoms with E-state index in [1.165, 1.54) is 11.2 Å². The molecule has 0 fully saturated rings. The zero-order valence-electron chi connectivity index (χ0n) is 31.0. The number of hydrogen-bond donors (Lipinski definition) is 4. The molecule has 2 atom stereocenters. The van der Waals surface area contributed by atoms with Gasteiger partial charge in [0.2, 0.25) is 5.91 Å². The van der Waals surface area contributed by atoms with E-state index >= 15 is 4.79 Å². The number of ether oxygens (including phenoxy) is 1. The Morgan fingerprint density at radius 2 is 1.29 bits per heavy atom. The van der Waals surface area contributed by atoms with Crippen molar-refractivity contribution in [2.75, 3.05) is 13.2 Å². The van der Waals surface area contributed by atoms with Gasteiger partial charge in [-0.15, -0.1) is 0 Å². The third-order valence-electron chi connectivity index (χ3n) is 10.6. The number of fused-ring (bicyclic) bond motifs is 3. The molecule has 2 amide bonds. The minimum Gasteiger partial charge on any atom is -0.480 e. The Balaban J connectivity index is 1.33. The van der Waals surface area contributed by atoms with Crippen molar-refractivity contribution in [3.8, 4) is 11.1 Å². The maximum atomic E-state index is 15.8. The molecule has 0 radical (unpaired) electrons.